The second kappa shape index (κ2) is 3.50. The number of nitriles is 1. The molecule has 0 bridgehead atoms. The molecule has 0 aliphatic heterocycles. The summed E-state index contributed by atoms with van der Waals surface area (Å²) in [5.74, 6) is 0. The first-order valence-corrected chi connectivity index (χ1v) is 5.46. The van der Waals surface area contributed by atoms with Crippen molar-refractivity contribution in [2.45, 2.75) is 12.8 Å². The molecule has 0 N–H and O–H groups in total. The molecule has 0 atom stereocenters. The zero-order chi connectivity index (χ0) is 11.0. The molecule has 76 valence electrons. The number of hydrogen-bond acceptors (Lipinski definition) is 1. The molecule has 3 rings (SSSR count). The topological polar surface area (TPSA) is 23.8 Å². The molecule has 0 saturated carbocycles. The van der Waals surface area contributed by atoms with Crippen LogP contribution in [-0.2, 0) is 12.8 Å². The molecule has 1 aliphatic rings. The Morgan fingerprint density at radius 1 is 1.00 bits per heavy atom. The molecule has 2 aromatic rings. The van der Waals surface area contributed by atoms with Gasteiger partial charge >= 0.3 is 0 Å². The summed E-state index contributed by atoms with van der Waals surface area (Å²) in [5.41, 5.74) is 6.53. The lowest BCUT2D eigenvalue weighted by Gasteiger charge is -2.04. The Hall–Kier alpha value is -2.07. The van der Waals surface area contributed by atoms with Crippen LogP contribution in [0, 0.1) is 11.3 Å². The van der Waals surface area contributed by atoms with Gasteiger partial charge in [0.05, 0.1) is 12.5 Å². The predicted molar refractivity (Wildman–Crippen MR) is 64.0 cm³/mol. The number of rotatable bonds is 1. The largest absolute Gasteiger partial charge is 0.198 e. The van der Waals surface area contributed by atoms with Gasteiger partial charge in [-0.3, -0.25) is 0 Å². The summed E-state index contributed by atoms with van der Waals surface area (Å²) in [7, 11) is 0. The first-order chi connectivity index (χ1) is 7.90. The third-order valence-corrected chi connectivity index (χ3v) is 3.22. The Morgan fingerprint density at radius 3 is 2.69 bits per heavy atom. The first-order valence-electron chi connectivity index (χ1n) is 5.46. The van der Waals surface area contributed by atoms with Crippen LogP contribution >= 0.6 is 0 Å². The molecule has 2 aromatic carbocycles. The van der Waals surface area contributed by atoms with E-state index in [2.05, 4.69) is 42.5 Å². The van der Waals surface area contributed by atoms with Crippen molar-refractivity contribution in [1.29, 1.82) is 5.26 Å². The molecular formula is C15H11N. The molecule has 1 heteroatoms. The number of nitrogens with zero attached hydrogens (tertiary/aromatic N) is 1. The minimum Gasteiger partial charge on any atom is -0.198 e. The van der Waals surface area contributed by atoms with Crippen LogP contribution in [0.2, 0.25) is 0 Å². The summed E-state index contributed by atoms with van der Waals surface area (Å²) in [4.78, 5) is 0. The SMILES string of the molecule is N#CCc1cccc2c1Cc1ccccc1-2. The van der Waals surface area contributed by atoms with E-state index in [4.69, 9.17) is 5.26 Å². The highest BCUT2D eigenvalue weighted by Crippen LogP contribution is 2.37. The van der Waals surface area contributed by atoms with E-state index in [0.29, 0.717) is 6.42 Å². The molecule has 0 spiro atoms. The molecule has 1 nitrogen and oxygen atoms in total. The summed E-state index contributed by atoms with van der Waals surface area (Å²) < 4.78 is 0. The quantitative estimate of drug-likeness (QED) is 0.597. The summed E-state index contributed by atoms with van der Waals surface area (Å²) >= 11 is 0. The second-order valence-electron chi connectivity index (χ2n) is 4.11. The Kier molecular flexibility index (Phi) is 2.01. The van der Waals surface area contributed by atoms with Gasteiger partial charge in [0, 0.05) is 0 Å². The third-order valence-electron chi connectivity index (χ3n) is 3.22. The standard InChI is InChI=1S/C15H11N/c16-9-8-11-5-3-7-14-13-6-2-1-4-12(13)10-15(11)14/h1-7H,8,10H2. The highest BCUT2D eigenvalue weighted by molar-refractivity contribution is 5.77. The zero-order valence-corrected chi connectivity index (χ0v) is 8.90. The van der Waals surface area contributed by atoms with Gasteiger partial charge in [0.25, 0.3) is 0 Å². The predicted octanol–water partition coefficient (Wildman–Crippen LogP) is 3.32. The van der Waals surface area contributed by atoms with E-state index >= 15 is 0 Å². The average Bonchev–Trinajstić information content (AvgIpc) is 2.69. The van der Waals surface area contributed by atoms with E-state index in [0.717, 1.165) is 6.42 Å². The molecule has 16 heavy (non-hydrogen) atoms. The minimum absolute atomic E-state index is 0.511. The van der Waals surface area contributed by atoms with Gasteiger partial charge in [-0.05, 0) is 34.2 Å². The summed E-state index contributed by atoms with van der Waals surface area (Å²) in [5, 5.41) is 8.82. The molecule has 0 aromatic heterocycles. The lowest BCUT2D eigenvalue weighted by atomic mass is 10.00. The van der Waals surface area contributed by atoms with Gasteiger partial charge in [-0.1, -0.05) is 42.5 Å². The second-order valence-corrected chi connectivity index (χ2v) is 4.11. The molecule has 0 amide bonds. The van der Waals surface area contributed by atoms with Crippen LogP contribution in [0.1, 0.15) is 16.7 Å². The van der Waals surface area contributed by atoms with Crippen molar-refractivity contribution in [2.24, 2.45) is 0 Å². The molecule has 0 saturated heterocycles. The summed E-state index contributed by atoms with van der Waals surface area (Å²) in [6.45, 7) is 0. The highest BCUT2D eigenvalue weighted by Gasteiger charge is 2.19. The van der Waals surface area contributed by atoms with Crippen molar-refractivity contribution >= 4 is 0 Å². The monoisotopic (exact) mass is 205 g/mol. The number of fused-ring (bicyclic) bond motifs is 3. The van der Waals surface area contributed by atoms with Crippen LogP contribution in [0.3, 0.4) is 0 Å². The van der Waals surface area contributed by atoms with E-state index in [1.54, 1.807) is 0 Å². The highest BCUT2D eigenvalue weighted by atomic mass is 14.3. The number of benzene rings is 2. The van der Waals surface area contributed by atoms with Crippen LogP contribution in [0.15, 0.2) is 42.5 Å². The van der Waals surface area contributed by atoms with Gasteiger partial charge in [-0.2, -0.15) is 5.26 Å². The fourth-order valence-corrected chi connectivity index (χ4v) is 2.47. The fourth-order valence-electron chi connectivity index (χ4n) is 2.47. The summed E-state index contributed by atoms with van der Waals surface area (Å²) in [6.07, 6.45) is 1.49. The van der Waals surface area contributed by atoms with Crippen LogP contribution in [-0.4, -0.2) is 0 Å². The maximum atomic E-state index is 8.82. The van der Waals surface area contributed by atoms with E-state index in [1.165, 1.54) is 27.8 Å². The maximum absolute atomic E-state index is 8.82. The van der Waals surface area contributed by atoms with Crippen molar-refractivity contribution in [2.75, 3.05) is 0 Å². The van der Waals surface area contributed by atoms with Gasteiger partial charge in [-0.15, -0.1) is 0 Å². The maximum Gasteiger partial charge on any atom is 0.0669 e. The van der Waals surface area contributed by atoms with Gasteiger partial charge in [-0.25, -0.2) is 0 Å². The van der Waals surface area contributed by atoms with Gasteiger partial charge < -0.3 is 0 Å². The molecular weight excluding hydrogens is 194 g/mol. The van der Waals surface area contributed by atoms with Gasteiger partial charge in [0.2, 0.25) is 0 Å². The molecule has 1 aliphatic carbocycles. The molecule has 0 unspecified atom stereocenters. The third kappa shape index (κ3) is 1.24. The van der Waals surface area contributed by atoms with E-state index in [-0.39, 0.29) is 0 Å². The van der Waals surface area contributed by atoms with Crippen LogP contribution in [0.25, 0.3) is 11.1 Å². The first kappa shape index (κ1) is 9.18. The van der Waals surface area contributed by atoms with Crippen molar-refractivity contribution in [3.8, 4) is 17.2 Å². The summed E-state index contributed by atoms with van der Waals surface area (Å²) in [6, 6.07) is 17.0. The molecule has 0 fully saturated rings. The smallest absolute Gasteiger partial charge is 0.0669 e. The Morgan fingerprint density at radius 2 is 1.81 bits per heavy atom. The Bertz CT molecular complexity index is 591. The van der Waals surface area contributed by atoms with Crippen molar-refractivity contribution < 1.29 is 0 Å². The minimum atomic E-state index is 0.511. The van der Waals surface area contributed by atoms with Crippen LogP contribution in [0.5, 0.6) is 0 Å². The average molecular weight is 205 g/mol. The lowest BCUT2D eigenvalue weighted by Crippen LogP contribution is -1.90. The fraction of sp³-hybridized carbons (Fsp3) is 0.133. The Labute approximate surface area is 95.0 Å². The molecule has 0 radical (unpaired) electrons. The van der Waals surface area contributed by atoms with E-state index < -0.39 is 0 Å². The number of hydrogen-bond donors (Lipinski definition) is 0. The van der Waals surface area contributed by atoms with Crippen molar-refractivity contribution in [3.05, 3.63) is 59.2 Å². The zero-order valence-electron chi connectivity index (χ0n) is 8.90. The van der Waals surface area contributed by atoms with Crippen LogP contribution in [0.4, 0.5) is 0 Å². The Balaban J connectivity index is 2.20. The van der Waals surface area contributed by atoms with E-state index in [1.807, 2.05) is 6.07 Å². The normalized spacial score (nSPS) is 11.7. The van der Waals surface area contributed by atoms with Gasteiger partial charge in [0.15, 0.2) is 0 Å². The molecule has 0 heterocycles. The lowest BCUT2D eigenvalue weighted by molar-refractivity contribution is 1.16. The van der Waals surface area contributed by atoms with Crippen molar-refractivity contribution in [1.82, 2.24) is 0 Å². The van der Waals surface area contributed by atoms with Gasteiger partial charge in [0.1, 0.15) is 0 Å². The van der Waals surface area contributed by atoms with Crippen LogP contribution < -0.4 is 0 Å². The van der Waals surface area contributed by atoms with Crippen molar-refractivity contribution in [3.63, 3.8) is 0 Å². The van der Waals surface area contributed by atoms with E-state index in [9.17, 15) is 0 Å².